The highest BCUT2D eigenvalue weighted by atomic mass is 28.4. The number of carbonyl (C=O) groups is 2. The average molecular weight is 568 g/mol. The van der Waals surface area contributed by atoms with Gasteiger partial charge in [-0.15, -0.1) is 0 Å². The Bertz CT molecular complexity index is 1330. The molecule has 0 radical (unpaired) electrons. The van der Waals surface area contributed by atoms with E-state index in [0.29, 0.717) is 13.1 Å². The molecule has 2 atom stereocenters. The van der Waals surface area contributed by atoms with Gasteiger partial charge in [-0.1, -0.05) is 81.4 Å². The van der Waals surface area contributed by atoms with Crippen LogP contribution in [0.4, 0.5) is 14.5 Å². The smallest absolute Gasteiger partial charge is 0.377 e. The van der Waals surface area contributed by atoms with Gasteiger partial charge in [-0.2, -0.15) is 0 Å². The maximum atomic E-state index is 15.8. The summed E-state index contributed by atoms with van der Waals surface area (Å²) in [5.74, 6) is -6.13. The molecule has 3 aromatic carbocycles. The van der Waals surface area contributed by atoms with Crippen LogP contribution in [0, 0.1) is 11.6 Å². The number of ketones is 1. The van der Waals surface area contributed by atoms with E-state index in [4.69, 9.17) is 9.16 Å². The Labute approximate surface area is 234 Å². The lowest BCUT2D eigenvalue weighted by Crippen LogP contribution is -2.66. The van der Waals surface area contributed by atoms with E-state index < -0.39 is 42.3 Å². The van der Waals surface area contributed by atoms with E-state index in [2.05, 4.69) is 20.8 Å². The number of anilines is 1. The van der Waals surface area contributed by atoms with E-state index in [1.165, 1.54) is 0 Å². The summed E-state index contributed by atoms with van der Waals surface area (Å²) in [7, 11) is -3.09. The third-order valence-electron chi connectivity index (χ3n) is 7.30. The normalized spacial score (nSPS) is 18.0. The molecule has 3 aromatic rings. The number of halogens is 2. The molecule has 212 valence electrons. The highest BCUT2D eigenvalue weighted by Crippen LogP contribution is 2.39. The molecule has 0 spiro atoms. The van der Waals surface area contributed by atoms with Gasteiger partial charge in [-0.25, -0.2) is 13.6 Å². The summed E-state index contributed by atoms with van der Waals surface area (Å²) in [6, 6.07) is 20.8. The summed E-state index contributed by atoms with van der Waals surface area (Å²) >= 11 is 0. The van der Waals surface area contributed by atoms with Gasteiger partial charge in [0.05, 0.1) is 30.1 Å². The molecule has 0 aliphatic carbocycles. The first kappa shape index (κ1) is 29.6. The second-order valence-corrected chi connectivity index (χ2v) is 15.6. The zero-order valence-electron chi connectivity index (χ0n) is 23.4. The number of rotatable bonds is 8. The van der Waals surface area contributed by atoms with Gasteiger partial charge in [-0.3, -0.25) is 4.79 Å². The molecule has 6 nitrogen and oxygen atoms in total. The minimum atomic E-state index is -3.09. The Balaban J connectivity index is 1.91. The summed E-state index contributed by atoms with van der Waals surface area (Å²) in [6.07, 6.45) is -0.506. The van der Waals surface area contributed by atoms with Crippen molar-refractivity contribution in [3.63, 3.8) is 0 Å². The van der Waals surface area contributed by atoms with Crippen molar-refractivity contribution in [1.82, 2.24) is 0 Å². The van der Waals surface area contributed by atoms with E-state index in [1.807, 2.05) is 74.5 Å². The molecular formula is C31H35F2NO5Si. The Morgan fingerprint density at radius 2 is 1.45 bits per heavy atom. The first-order valence-electron chi connectivity index (χ1n) is 13.3. The van der Waals surface area contributed by atoms with E-state index >= 15 is 8.78 Å². The molecule has 0 unspecified atom stereocenters. The van der Waals surface area contributed by atoms with Crippen LogP contribution in [-0.2, 0) is 20.6 Å². The molecule has 9 heteroatoms. The topological polar surface area (TPSA) is 76.1 Å². The number of ether oxygens (including phenoxy) is 1. The molecule has 1 N–H and O–H groups in total. The minimum Gasteiger partial charge on any atom is -0.475 e. The number of carboxylic acid groups (broad SMARTS) is 1. The second-order valence-electron chi connectivity index (χ2n) is 11.3. The first-order chi connectivity index (χ1) is 18.9. The number of hydrogen-bond acceptors (Lipinski definition) is 5. The largest absolute Gasteiger partial charge is 0.475 e. The van der Waals surface area contributed by atoms with Crippen molar-refractivity contribution in [3.05, 3.63) is 89.5 Å². The van der Waals surface area contributed by atoms with Gasteiger partial charge in [-0.05, 0) is 35.3 Å². The van der Waals surface area contributed by atoms with Crippen LogP contribution in [0.2, 0.25) is 5.04 Å². The maximum Gasteiger partial charge on any atom is 0.377 e. The molecule has 1 aliphatic heterocycles. The van der Waals surface area contributed by atoms with Crippen LogP contribution in [0.15, 0.2) is 66.7 Å². The number of morpholine rings is 1. The summed E-state index contributed by atoms with van der Waals surface area (Å²) in [5.41, 5.74) is -0.665. The quantitative estimate of drug-likeness (QED) is 0.237. The summed E-state index contributed by atoms with van der Waals surface area (Å²) in [5, 5.41) is 10.9. The Kier molecular flexibility index (Phi) is 8.58. The molecule has 4 rings (SSSR count). The fraction of sp³-hybridized carbons (Fsp3) is 0.355. The number of nitrogens with zero attached hydrogens (tertiary/aromatic N) is 1. The lowest BCUT2D eigenvalue weighted by Gasteiger charge is -2.43. The average Bonchev–Trinajstić information content (AvgIpc) is 2.90. The molecular weight excluding hydrogens is 532 g/mol. The van der Waals surface area contributed by atoms with E-state index in [9.17, 15) is 14.7 Å². The van der Waals surface area contributed by atoms with Crippen molar-refractivity contribution in [1.29, 1.82) is 0 Å². The highest BCUT2D eigenvalue weighted by molar-refractivity contribution is 6.99. The van der Waals surface area contributed by atoms with Crippen molar-refractivity contribution in [2.75, 3.05) is 18.0 Å². The number of benzene rings is 3. The third kappa shape index (κ3) is 5.59. The molecule has 40 heavy (non-hydrogen) atoms. The highest BCUT2D eigenvalue weighted by Gasteiger charge is 2.50. The lowest BCUT2D eigenvalue weighted by molar-refractivity contribution is -0.131. The van der Waals surface area contributed by atoms with Gasteiger partial charge in [0.2, 0.25) is 0 Å². The maximum absolute atomic E-state index is 15.8. The van der Waals surface area contributed by atoms with Gasteiger partial charge in [0.1, 0.15) is 0 Å². The van der Waals surface area contributed by atoms with Crippen LogP contribution in [0.5, 0.6) is 0 Å². The van der Waals surface area contributed by atoms with E-state index in [1.54, 1.807) is 4.90 Å². The van der Waals surface area contributed by atoms with Gasteiger partial charge in [0, 0.05) is 18.7 Å². The van der Waals surface area contributed by atoms with E-state index in [0.717, 1.165) is 16.4 Å². The number of carbonyl (C=O) groups excluding carboxylic acids is 1. The Morgan fingerprint density at radius 1 is 0.950 bits per heavy atom. The van der Waals surface area contributed by atoms with Crippen molar-refractivity contribution in [3.8, 4) is 0 Å². The van der Waals surface area contributed by atoms with Crippen LogP contribution in [-0.4, -0.2) is 50.5 Å². The molecule has 0 saturated carbocycles. The van der Waals surface area contributed by atoms with Gasteiger partial charge in [0.25, 0.3) is 14.1 Å². The summed E-state index contributed by atoms with van der Waals surface area (Å²) in [4.78, 5) is 25.6. The standard InChI is InChI=1S/C31H35F2NO5Si/c1-20-17-34(18-21(2)39-20)28-22(16-25(26(32)27(28)33)29(35)30(36)37)19-38-40(31(3,4)5,23-12-8-6-9-13-23)24-14-10-7-11-15-24/h6-16,20-21H,17-19H2,1-5H3,(H,36,37)/t20-,21+. The monoisotopic (exact) mass is 567 g/mol. The molecule has 0 amide bonds. The van der Waals surface area contributed by atoms with Crippen molar-refractivity contribution >= 4 is 36.1 Å². The molecule has 1 fully saturated rings. The fourth-order valence-corrected chi connectivity index (χ4v) is 10.2. The molecule has 0 aromatic heterocycles. The second kappa shape index (κ2) is 11.6. The van der Waals surface area contributed by atoms with Crippen LogP contribution in [0.1, 0.15) is 50.5 Å². The van der Waals surface area contributed by atoms with Crippen molar-refractivity contribution < 1.29 is 32.6 Å². The summed E-state index contributed by atoms with van der Waals surface area (Å²) < 4.78 is 43.8. The van der Waals surface area contributed by atoms with Gasteiger partial charge in [0.15, 0.2) is 11.6 Å². The Hall–Kier alpha value is -3.40. The first-order valence-corrected chi connectivity index (χ1v) is 15.2. The van der Waals surface area contributed by atoms with E-state index in [-0.39, 0.29) is 30.1 Å². The van der Waals surface area contributed by atoms with Crippen LogP contribution in [0.25, 0.3) is 0 Å². The number of aliphatic carboxylic acids is 1. The molecule has 1 aliphatic rings. The van der Waals surface area contributed by atoms with Crippen LogP contribution < -0.4 is 15.3 Å². The number of hydrogen-bond donors (Lipinski definition) is 1. The van der Waals surface area contributed by atoms with Gasteiger partial charge < -0.3 is 19.2 Å². The SMILES string of the molecule is C[C@@H]1CN(c2c(CO[Si](c3ccccc3)(c3ccccc3)C(C)(C)C)cc(C(=O)C(=O)O)c(F)c2F)C[C@H](C)O1. The fourth-order valence-electron chi connectivity index (χ4n) is 5.71. The van der Waals surface area contributed by atoms with Crippen LogP contribution in [0.3, 0.4) is 0 Å². The molecule has 1 saturated heterocycles. The van der Waals surface area contributed by atoms with Crippen molar-refractivity contribution in [2.45, 2.75) is 58.5 Å². The minimum absolute atomic E-state index is 0.0422. The molecule has 1 heterocycles. The van der Waals surface area contributed by atoms with Crippen molar-refractivity contribution in [2.24, 2.45) is 0 Å². The van der Waals surface area contributed by atoms with Gasteiger partial charge >= 0.3 is 5.97 Å². The predicted octanol–water partition coefficient (Wildman–Crippen LogP) is 4.92. The third-order valence-corrected chi connectivity index (χ3v) is 12.3. The summed E-state index contributed by atoms with van der Waals surface area (Å²) in [6.45, 7) is 10.4. The number of carboxylic acids is 1. The zero-order valence-corrected chi connectivity index (χ0v) is 24.4. The predicted molar refractivity (Wildman–Crippen MR) is 153 cm³/mol. The molecule has 0 bridgehead atoms. The lowest BCUT2D eigenvalue weighted by atomic mass is 10.0. The number of Topliss-reactive ketones (excluding diaryl/α,β-unsaturated/α-hetero) is 1. The van der Waals surface area contributed by atoms with Crippen LogP contribution >= 0.6 is 0 Å². The Morgan fingerprint density at radius 3 is 1.90 bits per heavy atom. The zero-order chi connectivity index (χ0) is 29.2.